The van der Waals surface area contributed by atoms with Gasteiger partial charge in [-0.2, -0.15) is 0 Å². The lowest BCUT2D eigenvalue weighted by Gasteiger charge is -2.16. The molecule has 1 aliphatic rings. The molecule has 3 nitrogen and oxygen atoms in total. The quantitative estimate of drug-likeness (QED) is 0.515. The number of hydrogen-bond donors (Lipinski definition) is 1. The molecule has 88 valence electrons. The van der Waals surface area contributed by atoms with E-state index in [0.717, 1.165) is 16.5 Å². The first-order chi connectivity index (χ1) is 8.22. The zero-order chi connectivity index (χ0) is 12.3. The van der Waals surface area contributed by atoms with Crippen molar-refractivity contribution in [2.24, 2.45) is 5.92 Å². The summed E-state index contributed by atoms with van der Waals surface area (Å²) < 4.78 is 1.05. The molecule has 0 bridgehead atoms. The Kier molecular flexibility index (Phi) is 4.49. The van der Waals surface area contributed by atoms with Crippen molar-refractivity contribution in [1.82, 2.24) is 4.98 Å². The molecule has 1 aromatic rings. The summed E-state index contributed by atoms with van der Waals surface area (Å²) >= 11 is 3.32. The maximum Gasteiger partial charge on any atom is 0.228 e. The largest absolute Gasteiger partial charge is 0.393 e. The van der Waals surface area contributed by atoms with Crippen molar-refractivity contribution in [1.29, 1.82) is 0 Å². The monoisotopic (exact) mass is 264 g/mol. The van der Waals surface area contributed by atoms with Crippen LogP contribution >= 0.6 is 23.1 Å². The lowest BCUT2D eigenvalue weighted by molar-refractivity contribution is 0.178. The molecule has 1 aliphatic carbocycles. The first-order valence-corrected chi connectivity index (χ1v) is 7.41. The van der Waals surface area contributed by atoms with Crippen LogP contribution < -0.4 is 0 Å². The van der Waals surface area contributed by atoms with Gasteiger partial charge in [0.05, 0.1) is 14.0 Å². The predicted molar refractivity (Wildman–Crippen MR) is 71.5 cm³/mol. The number of nitrogens with zero attached hydrogens (tertiary/aromatic N) is 2. The molecule has 0 aromatic carbocycles. The van der Waals surface area contributed by atoms with Crippen LogP contribution in [0.3, 0.4) is 0 Å². The van der Waals surface area contributed by atoms with Gasteiger partial charge in [-0.3, -0.25) is 0 Å². The Morgan fingerprint density at radius 3 is 3.18 bits per heavy atom. The van der Waals surface area contributed by atoms with Crippen molar-refractivity contribution in [3.63, 3.8) is 0 Å². The van der Waals surface area contributed by atoms with Gasteiger partial charge in [0.2, 0.25) is 6.04 Å². The second-order valence-electron chi connectivity index (χ2n) is 4.18. The van der Waals surface area contributed by atoms with Gasteiger partial charge in [0.1, 0.15) is 4.34 Å². The molecule has 2 radical (unpaired) electrons. The molecule has 4 unspecified atom stereocenters. The van der Waals surface area contributed by atoms with E-state index in [-0.39, 0.29) is 17.8 Å². The third-order valence-electron chi connectivity index (χ3n) is 3.17. The van der Waals surface area contributed by atoms with Gasteiger partial charge in [-0.15, -0.1) is 11.3 Å². The van der Waals surface area contributed by atoms with Gasteiger partial charge < -0.3 is 9.95 Å². The van der Waals surface area contributed by atoms with Crippen molar-refractivity contribution in [2.45, 2.75) is 35.1 Å². The van der Waals surface area contributed by atoms with Crippen molar-refractivity contribution < 1.29 is 5.11 Å². The molecule has 6 heteroatoms. The lowest BCUT2D eigenvalue weighted by atomic mass is 9.76. The van der Waals surface area contributed by atoms with Crippen LogP contribution in [0.1, 0.15) is 12.8 Å². The summed E-state index contributed by atoms with van der Waals surface area (Å²) in [5, 5.41) is 11.6. The summed E-state index contributed by atoms with van der Waals surface area (Å²) in [5.74, 6) is 0.783. The number of aliphatic hydroxyl groups excluding tert-OH is 1. The maximum atomic E-state index is 9.67. The Morgan fingerprint density at radius 1 is 1.71 bits per heavy atom. The minimum Gasteiger partial charge on any atom is -0.393 e. The van der Waals surface area contributed by atoms with Crippen molar-refractivity contribution in [3.8, 4) is 0 Å². The first-order valence-electron chi connectivity index (χ1n) is 5.55. The molecule has 4 atom stereocenters. The topological polar surface area (TPSA) is 37.5 Å². The molecule has 0 aliphatic heterocycles. The molecule has 2 rings (SSSR count). The van der Waals surface area contributed by atoms with Crippen molar-refractivity contribution >= 4 is 30.9 Å². The summed E-state index contributed by atoms with van der Waals surface area (Å²) in [6, 6.07) is -0.114. The molecule has 0 saturated heterocycles. The van der Waals surface area contributed by atoms with Crippen LogP contribution in [-0.4, -0.2) is 35.8 Å². The van der Waals surface area contributed by atoms with E-state index >= 15 is 0 Å². The van der Waals surface area contributed by atoms with E-state index in [1.165, 1.54) is 0 Å². The number of thioether (sulfide) groups is 1. The Balaban J connectivity index is 1.83. The number of rotatable bonds is 4. The molecule has 1 heterocycles. The average molecular weight is 264 g/mol. The van der Waals surface area contributed by atoms with Crippen LogP contribution in [0.15, 0.2) is 15.9 Å². The minimum atomic E-state index is -0.510. The summed E-state index contributed by atoms with van der Waals surface area (Å²) in [7, 11) is 5.93. The summed E-state index contributed by atoms with van der Waals surface area (Å²) in [5.41, 5.74) is 0. The second-order valence-corrected chi connectivity index (χ2v) is 6.41. The molecule has 0 spiro atoms. The first kappa shape index (κ1) is 12.9. The fourth-order valence-corrected chi connectivity index (χ4v) is 3.97. The SMILES string of the molecule is [B]C1C(O)CC([N+]#[C-])C1CCSc1nccs1. The molecule has 1 N–H and O–H groups in total. The van der Waals surface area contributed by atoms with E-state index in [0.29, 0.717) is 6.42 Å². The van der Waals surface area contributed by atoms with Crippen molar-refractivity contribution in [2.75, 3.05) is 5.75 Å². The standard InChI is InChI=1S/C11H13BN2OS2/c1-13-8-6-9(15)10(12)7(8)2-4-16-11-14-3-5-17-11/h3,5,7-10,15H,2,4,6H2. The Hall–Kier alpha value is -0.505. The van der Waals surface area contributed by atoms with E-state index in [9.17, 15) is 5.11 Å². The van der Waals surface area contributed by atoms with Crippen LogP contribution in [0.25, 0.3) is 4.85 Å². The minimum absolute atomic E-state index is 0.114. The number of aliphatic hydroxyl groups is 1. The fraction of sp³-hybridized carbons (Fsp3) is 0.636. The zero-order valence-corrected chi connectivity index (χ0v) is 11.0. The van der Waals surface area contributed by atoms with Crippen LogP contribution in [-0.2, 0) is 0 Å². The highest BCUT2D eigenvalue weighted by Crippen LogP contribution is 2.40. The fourth-order valence-electron chi connectivity index (χ4n) is 2.22. The normalized spacial score (nSPS) is 32.5. The molecule has 17 heavy (non-hydrogen) atoms. The van der Waals surface area contributed by atoms with Crippen molar-refractivity contribution in [3.05, 3.63) is 23.0 Å². The van der Waals surface area contributed by atoms with Gasteiger partial charge in [-0.25, -0.2) is 11.6 Å². The molecule has 1 aromatic heterocycles. The zero-order valence-electron chi connectivity index (χ0n) is 9.32. The maximum absolute atomic E-state index is 9.67. The van der Waals surface area contributed by atoms with E-state index in [2.05, 4.69) is 9.83 Å². The highest BCUT2D eigenvalue weighted by molar-refractivity contribution is 8.00. The van der Waals surface area contributed by atoms with Crippen LogP contribution in [0.5, 0.6) is 0 Å². The Bertz CT molecular complexity index is 393. The number of thiazole rings is 1. The van der Waals surface area contributed by atoms with Gasteiger partial charge in [0.25, 0.3) is 0 Å². The third-order valence-corrected chi connectivity index (χ3v) is 5.17. The van der Waals surface area contributed by atoms with Crippen LogP contribution in [0.2, 0.25) is 5.82 Å². The van der Waals surface area contributed by atoms with E-state index in [4.69, 9.17) is 14.4 Å². The molecule has 1 saturated carbocycles. The van der Waals surface area contributed by atoms with Gasteiger partial charge in [-0.1, -0.05) is 11.8 Å². The molecule has 0 amide bonds. The van der Waals surface area contributed by atoms with Gasteiger partial charge in [-0.05, 0) is 12.2 Å². The van der Waals surface area contributed by atoms with Gasteiger partial charge >= 0.3 is 0 Å². The molecular formula is C11H13BN2OS2. The summed E-state index contributed by atoms with van der Waals surface area (Å²) in [6.07, 6.45) is 2.68. The van der Waals surface area contributed by atoms with Crippen LogP contribution in [0.4, 0.5) is 0 Å². The van der Waals surface area contributed by atoms with E-state index < -0.39 is 6.10 Å². The Morgan fingerprint density at radius 2 is 2.53 bits per heavy atom. The number of aromatic nitrogens is 1. The molecular weight excluding hydrogens is 251 g/mol. The predicted octanol–water partition coefficient (Wildman–Crippen LogP) is 2.25. The number of hydrogen-bond acceptors (Lipinski definition) is 4. The third kappa shape index (κ3) is 3.03. The summed E-state index contributed by atoms with van der Waals surface area (Å²) in [6.45, 7) is 7.13. The van der Waals surface area contributed by atoms with E-state index in [1.54, 1.807) is 29.3 Å². The highest BCUT2D eigenvalue weighted by atomic mass is 32.2. The Labute approximate surface area is 111 Å². The van der Waals surface area contributed by atoms with Crippen LogP contribution in [0, 0.1) is 12.5 Å². The molecule has 1 fully saturated rings. The second kappa shape index (κ2) is 5.90. The summed E-state index contributed by atoms with van der Waals surface area (Å²) in [4.78, 5) is 7.77. The van der Waals surface area contributed by atoms with E-state index in [1.807, 2.05) is 5.38 Å². The van der Waals surface area contributed by atoms with Gasteiger partial charge in [0.15, 0.2) is 0 Å². The lowest BCUT2D eigenvalue weighted by Crippen LogP contribution is -2.16. The highest BCUT2D eigenvalue weighted by Gasteiger charge is 2.43. The smallest absolute Gasteiger partial charge is 0.228 e. The average Bonchev–Trinajstić information content (AvgIpc) is 2.92. The van der Waals surface area contributed by atoms with Gasteiger partial charge in [0, 0.05) is 29.7 Å².